The van der Waals surface area contributed by atoms with Gasteiger partial charge in [0.2, 0.25) is 0 Å². The molecule has 4 heterocycles. The van der Waals surface area contributed by atoms with Crippen LogP contribution in [0.4, 0.5) is 5.13 Å². The van der Waals surface area contributed by atoms with Gasteiger partial charge in [0.15, 0.2) is 5.13 Å². The number of fused-ring (bicyclic) bond motifs is 1. The Kier molecular flexibility index (Phi) is 5.25. The van der Waals surface area contributed by atoms with Crippen LogP contribution in [0.5, 0.6) is 0 Å². The maximum atomic E-state index is 9.24. The maximum absolute atomic E-state index is 9.24. The summed E-state index contributed by atoms with van der Waals surface area (Å²) in [4.78, 5) is 9.04. The van der Waals surface area contributed by atoms with Crippen LogP contribution in [-0.4, -0.2) is 61.8 Å². The first-order valence-electron chi connectivity index (χ1n) is 12.0. The number of nitrogens with one attached hydrogen (secondary N) is 1. The number of piperidine rings is 1. The summed E-state index contributed by atoms with van der Waals surface area (Å²) in [7, 11) is 4.32. The van der Waals surface area contributed by atoms with Gasteiger partial charge in [-0.05, 0) is 67.5 Å². The van der Waals surface area contributed by atoms with Gasteiger partial charge in [-0.2, -0.15) is 5.26 Å². The smallest absolute Gasteiger partial charge is 0.186 e. The van der Waals surface area contributed by atoms with Crippen molar-refractivity contribution in [1.29, 1.82) is 5.26 Å². The molecule has 2 saturated heterocycles. The fourth-order valence-corrected chi connectivity index (χ4v) is 6.96. The highest BCUT2D eigenvalue weighted by molar-refractivity contribution is 7.17. The van der Waals surface area contributed by atoms with E-state index in [1.807, 2.05) is 23.5 Å². The summed E-state index contributed by atoms with van der Waals surface area (Å²) in [5.41, 5.74) is 7.14. The Bertz CT molecular complexity index is 1170. The minimum atomic E-state index is 0.690. The lowest BCUT2D eigenvalue weighted by atomic mass is 9.89. The van der Waals surface area contributed by atoms with Crippen molar-refractivity contribution in [2.24, 2.45) is 11.8 Å². The van der Waals surface area contributed by atoms with Crippen molar-refractivity contribution in [3.05, 3.63) is 52.1 Å². The Hall–Kier alpha value is -2.66. The van der Waals surface area contributed by atoms with Crippen molar-refractivity contribution >= 4 is 22.0 Å². The highest BCUT2D eigenvalue weighted by Crippen LogP contribution is 2.44. The highest BCUT2D eigenvalue weighted by Gasteiger charge is 2.35. The molecule has 2 fully saturated rings. The average molecular weight is 459 g/mol. The minimum Gasteiger partial charge on any atom is -0.348 e. The Morgan fingerprint density at radius 2 is 1.94 bits per heavy atom. The second-order valence-electron chi connectivity index (χ2n) is 9.76. The van der Waals surface area contributed by atoms with E-state index < -0.39 is 0 Å². The third kappa shape index (κ3) is 3.67. The minimum absolute atomic E-state index is 0.690. The van der Waals surface area contributed by atoms with Gasteiger partial charge in [-0.3, -0.25) is 0 Å². The monoisotopic (exact) mass is 458 g/mol. The molecule has 6 rings (SSSR count). The van der Waals surface area contributed by atoms with E-state index in [-0.39, 0.29) is 0 Å². The second kappa shape index (κ2) is 8.28. The summed E-state index contributed by atoms with van der Waals surface area (Å²) >= 11 is 1.86. The van der Waals surface area contributed by atoms with Crippen molar-refractivity contribution in [1.82, 2.24) is 20.3 Å². The number of nitrogens with zero attached hydrogens (tertiary/aromatic N) is 5. The lowest BCUT2D eigenvalue weighted by molar-refractivity contribution is 0.0988. The molecule has 1 aromatic carbocycles. The summed E-state index contributed by atoms with van der Waals surface area (Å²) in [5.74, 6) is 1.55. The molecule has 2 unspecified atom stereocenters. The molecule has 0 spiro atoms. The van der Waals surface area contributed by atoms with Crippen LogP contribution in [0.2, 0.25) is 0 Å². The van der Waals surface area contributed by atoms with Crippen LogP contribution < -0.4 is 10.2 Å². The van der Waals surface area contributed by atoms with E-state index in [1.165, 1.54) is 34.7 Å². The Labute approximate surface area is 199 Å². The van der Waals surface area contributed by atoms with Crippen LogP contribution in [-0.2, 0) is 0 Å². The number of rotatable bonds is 3. The van der Waals surface area contributed by atoms with E-state index in [1.54, 1.807) is 0 Å². The van der Waals surface area contributed by atoms with Gasteiger partial charge in [0.25, 0.3) is 0 Å². The number of nitriles is 1. The Morgan fingerprint density at radius 1 is 1.12 bits per heavy atom. The summed E-state index contributed by atoms with van der Waals surface area (Å²) < 4.78 is 0. The van der Waals surface area contributed by atoms with E-state index in [0.717, 1.165) is 67.2 Å². The van der Waals surface area contributed by atoms with Gasteiger partial charge in [-0.1, -0.05) is 29.5 Å². The van der Waals surface area contributed by atoms with Crippen molar-refractivity contribution in [2.75, 3.05) is 51.7 Å². The van der Waals surface area contributed by atoms with Crippen LogP contribution in [0.25, 0.3) is 16.8 Å². The van der Waals surface area contributed by atoms with Crippen LogP contribution >= 0.6 is 11.3 Å². The summed E-state index contributed by atoms with van der Waals surface area (Å²) in [6.07, 6.45) is 5.77. The molecule has 3 aliphatic heterocycles. The first-order valence-corrected chi connectivity index (χ1v) is 12.8. The van der Waals surface area contributed by atoms with E-state index >= 15 is 0 Å². The molecule has 1 aromatic heterocycles. The predicted molar refractivity (Wildman–Crippen MR) is 134 cm³/mol. The molecular weight excluding hydrogens is 428 g/mol. The first kappa shape index (κ1) is 20.9. The molecule has 33 heavy (non-hydrogen) atoms. The van der Waals surface area contributed by atoms with Crippen molar-refractivity contribution < 1.29 is 0 Å². The van der Waals surface area contributed by atoms with Gasteiger partial charge in [-0.15, -0.1) is 0 Å². The van der Waals surface area contributed by atoms with Crippen molar-refractivity contribution in [3.8, 4) is 17.3 Å². The van der Waals surface area contributed by atoms with Crippen LogP contribution in [0, 0.1) is 23.2 Å². The van der Waals surface area contributed by atoms with E-state index in [2.05, 4.69) is 58.6 Å². The van der Waals surface area contributed by atoms with Gasteiger partial charge in [0, 0.05) is 45.0 Å². The molecule has 2 atom stereocenters. The third-order valence-electron chi connectivity index (χ3n) is 7.82. The number of likely N-dealkylation sites (N-methyl/N-ethyl adjacent to an activating group) is 1. The summed E-state index contributed by atoms with van der Waals surface area (Å²) in [6, 6.07) is 10.2. The van der Waals surface area contributed by atoms with Crippen LogP contribution in [0.3, 0.4) is 0 Å². The molecule has 0 radical (unpaired) electrons. The molecule has 1 aliphatic carbocycles. The van der Waals surface area contributed by atoms with Gasteiger partial charge in [0.1, 0.15) is 0 Å². The number of hydrogen-bond acceptors (Lipinski definition) is 7. The quantitative estimate of drug-likeness (QED) is 0.752. The van der Waals surface area contributed by atoms with E-state index in [4.69, 9.17) is 4.98 Å². The molecule has 1 N–H and O–H groups in total. The van der Waals surface area contributed by atoms with E-state index in [9.17, 15) is 5.26 Å². The zero-order valence-electron chi connectivity index (χ0n) is 19.3. The normalized spacial score (nSPS) is 25.2. The lowest BCUT2D eigenvalue weighted by Gasteiger charge is -2.34. The molecule has 0 amide bonds. The van der Waals surface area contributed by atoms with Gasteiger partial charge in [-0.25, -0.2) is 9.99 Å². The number of thiazole rings is 1. The SMILES string of the molecule is CN1CC2=C(CCC(c3sc(N4CCC5CNCC5C4)nc3-c3ccc(C#N)cc3)=C2)N1C. The van der Waals surface area contributed by atoms with E-state index in [0.29, 0.717) is 5.56 Å². The maximum Gasteiger partial charge on any atom is 0.186 e. The molecule has 0 bridgehead atoms. The number of anilines is 1. The topological polar surface area (TPSA) is 58.4 Å². The van der Waals surface area contributed by atoms with Crippen molar-refractivity contribution in [3.63, 3.8) is 0 Å². The predicted octanol–water partition coefficient (Wildman–Crippen LogP) is 3.95. The molecule has 170 valence electrons. The Balaban J connectivity index is 1.39. The number of benzene rings is 1. The number of hydrazine groups is 1. The van der Waals surface area contributed by atoms with Crippen LogP contribution in [0.15, 0.2) is 41.6 Å². The molecule has 4 aliphatic rings. The summed E-state index contributed by atoms with van der Waals surface area (Å²) in [5, 5.41) is 18.5. The molecule has 0 saturated carbocycles. The largest absolute Gasteiger partial charge is 0.348 e. The fourth-order valence-electron chi connectivity index (χ4n) is 5.79. The second-order valence-corrected chi connectivity index (χ2v) is 10.7. The van der Waals surface area contributed by atoms with Gasteiger partial charge >= 0.3 is 0 Å². The Morgan fingerprint density at radius 3 is 2.76 bits per heavy atom. The number of allylic oxidation sites excluding steroid dienone is 2. The number of hydrogen-bond donors (Lipinski definition) is 1. The lowest BCUT2D eigenvalue weighted by Crippen LogP contribution is -2.39. The molecule has 2 aromatic rings. The third-order valence-corrected chi connectivity index (χ3v) is 9.01. The zero-order chi connectivity index (χ0) is 22.5. The van der Waals surface area contributed by atoms with Gasteiger partial charge in [0.05, 0.1) is 22.2 Å². The average Bonchev–Trinajstić information content (AvgIpc) is 3.56. The van der Waals surface area contributed by atoms with Crippen molar-refractivity contribution in [2.45, 2.75) is 19.3 Å². The fraction of sp³-hybridized carbons (Fsp3) is 0.462. The highest BCUT2D eigenvalue weighted by atomic mass is 32.1. The van der Waals surface area contributed by atoms with Crippen LogP contribution in [0.1, 0.15) is 29.7 Å². The van der Waals surface area contributed by atoms with Gasteiger partial charge < -0.3 is 15.2 Å². The first-order chi connectivity index (χ1) is 16.1. The summed E-state index contributed by atoms with van der Waals surface area (Å²) in [6.45, 7) is 5.46. The molecule has 7 heteroatoms. The number of aromatic nitrogens is 1. The molecule has 6 nitrogen and oxygen atoms in total. The molecular formula is C26H30N6S. The zero-order valence-corrected chi connectivity index (χ0v) is 20.2. The standard InChI is InChI=1S/C26H30N6S/c1-30-15-21-11-19(7-8-23(21)31(30)2)25-24(18-5-3-17(12-27)4-6-18)29-26(33-25)32-10-9-20-13-28-14-22(20)16-32/h3-6,11,20,22,28H,7-10,13-16H2,1-2H3.